The summed E-state index contributed by atoms with van der Waals surface area (Å²) < 4.78 is 4.74. The van der Waals surface area contributed by atoms with Crippen LogP contribution in [0.1, 0.15) is 36.4 Å². The highest BCUT2D eigenvalue weighted by atomic mass is 16.5. The fourth-order valence-corrected chi connectivity index (χ4v) is 1.13. The smallest absolute Gasteiger partial charge is 0.329 e. The van der Waals surface area contributed by atoms with E-state index < -0.39 is 17.4 Å². The summed E-state index contributed by atoms with van der Waals surface area (Å²) in [6.45, 7) is 4.73. The van der Waals surface area contributed by atoms with Crippen molar-refractivity contribution in [2.24, 2.45) is 0 Å². The number of carboxylic acid groups (broad SMARTS) is 1. The molecule has 2 N–H and O–H groups in total. The molecule has 1 rings (SSSR count). The van der Waals surface area contributed by atoms with Crippen LogP contribution in [0, 0.1) is 6.92 Å². The Morgan fingerprint density at radius 2 is 2.25 bits per heavy atom. The summed E-state index contributed by atoms with van der Waals surface area (Å²) in [7, 11) is 0. The summed E-state index contributed by atoms with van der Waals surface area (Å²) >= 11 is 0. The van der Waals surface area contributed by atoms with Crippen LogP contribution >= 0.6 is 0 Å². The van der Waals surface area contributed by atoms with Crippen molar-refractivity contribution in [3.05, 3.63) is 17.5 Å². The van der Waals surface area contributed by atoms with Crippen molar-refractivity contribution in [2.75, 3.05) is 0 Å². The molecule has 0 aliphatic carbocycles. The lowest BCUT2D eigenvalue weighted by molar-refractivity contribution is -0.143. The molecule has 1 atom stereocenters. The van der Waals surface area contributed by atoms with E-state index in [9.17, 15) is 9.59 Å². The lowest BCUT2D eigenvalue weighted by Crippen LogP contribution is -2.51. The first-order valence-electron chi connectivity index (χ1n) is 4.88. The van der Waals surface area contributed by atoms with Gasteiger partial charge in [-0.2, -0.15) is 0 Å². The van der Waals surface area contributed by atoms with Gasteiger partial charge in [0.1, 0.15) is 16.9 Å². The monoisotopic (exact) mass is 226 g/mol. The number of hydrogen-bond acceptors (Lipinski definition) is 4. The predicted molar refractivity (Wildman–Crippen MR) is 55.0 cm³/mol. The molecule has 0 saturated heterocycles. The van der Waals surface area contributed by atoms with Crippen molar-refractivity contribution in [2.45, 2.75) is 32.7 Å². The fraction of sp³-hybridized carbons (Fsp3) is 0.500. The maximum Gasteiger partial charge on any atom is 0.329 e. The topological polar surface area (TPSA) is 92.4 Å². The average molecular weight is 226 g/mol. The summed E-state index contributed by atoms with van der Waals surface area (Å²) in [5.41, 5.74) is -1.03. The maximum absolute atomic E-state index is 11.7. The van der Waals surface area contributed by atoms with E-state index in [-0.39, 0.29) is 5.56 Å². The van der Waals surface area contributed by atoms with Crippen molar-refractivity contribution in [1.29, 1.82) is 0 Å². The van der Waals surface area contributed by atoms with Gasteiger partial charge in [0.15, 0.2) is 0 Å². The third kappa shape index (κ3) is 2.21. The van der Waals surface area contributed by atoms with Gasteiger partial charge < -0.3 is 14.9 Å². The van der Waals surface area contributed by atoms with Crippen LogP contribution in [-0.4, -0.2) is 27.7 Å². The van der Waals surface area contributed by atoms with Gasteiger partial charge in [0, 0.05) is 0 Å². The summed E-state index contributed by atoms with van der Waals surface area (Å²) in [6, 6.07) is 0. The highest BCUT2D eigenvalue weighted by Gasteiger charge is 2.33. The van der Waals surface area contributed by atoms with Gasteiger partial charge >= 0.3 is 5.97 Å². The molecule has 0 saturated carbocycles. The van der Waals surface area contributed by atoms with Crippen LogP contribution in [0.2, 0.25) is 0 Å². The lowest BCUT2D eigenvalue weighted by Gasteiger charge is -2.24. The van der Waals surface area contributed by atoms with Crippen LogP contribution in [0.4, 0.5) is 0 Å². The van der Waals surface area contributed by atoms with E-state index in [0.29, 0.717) is 12.2 Å². The second kappa shape index (κ2) is 4.34. The van der Waals surface area contributed by atoms with Crippen molar-refractivity contribution in [3.63, 3.8) is 0 Å². The van der Waals surface area contributed by atoms with Crippen LogP contribution in [0.3, 0.4) is 0 Å². The van der Waals surface area contributed by atoms with E-state index in [1.165, 1.54) is 13.1 Å². The van der Waals surface area contributed by atoms with E-state index in [1.807, 2.05) is 0 Å². The van der Waals surface area contributed by atoms with Gasteiger partial charge in [-0.3, -0.25) is 4.79 Å². The van der Waals surface area contributed by atoms with Gasteiger partial charge in [-0.05, 0) is 20.3 Å². The molecule has 1 aromatic rings. The number of nitrogens with one attached hydrogen (secondary N) is 1. The zero-order valence-electron chi connectivity index (χ0n) is 9.40. The molecular weight excluding hydrogens is 212 g/mol. The highest BCUT2D eigenvalue weighted by Crippen LogP contribution is 2.12. The zero-order chi connectivity index (χ0) is 12.3. The van der Waals surface area contributed by atoms with Crippen molar-refractivity contribution < 1.29 is 19.2 Å². The Bertz CT molecular complexity index is 413. The normalized spacial score (nSPS) is 14.2. The molecule has 6 nitrogen and oxygen atoms in total. The Morgan fingerprint density at radius 1 is 1.62 bits per heavy atom. The first kappa shape index (κ1) is 12.2. The Labute approximate surface area is 92.6 Å². The molecule has 0 aliphatic heterocycles. The number of hydrogen-bond donors (Lipinski definition) is 2. The van der Waals surface area contributed by atoms with Crippen LogP contribution in [0.5, 0.6) is 0 Å². The Balaban J connectivity index is 2.86. The van der Waals surface area contributed by atoms with E-state index in [4.69, 9.17) is 9.63 Å². The van der Waals surface area contributed by atoms with Gasteiger partial charge in [-0.25, -0.2) is 4.79 Å². The number of rotatable bonds is 4. The summed E-state index contributed by atoms with van der Waals surface area (Å²) in [4.78, 5) is 22.7. The molecule has 0 spiro atoms. The maximum atomic E-state index is 11.7. The SMILES string of the molecule is CCC(C)(NC(=O)c1cnoc1C)C(=O)O. The quantitative estimate of drug-likeness (QED) is 0.797. The van der Waals surface area contributed by atoms with Gasteiger partial charge in [-0.15, -0.1) is 0 Å². The number of aliphatic carboxylic acids is 1. The second-order valence-corrected chi connectivity index (χ2v) is 3.74. The van der Waals surface area contributed by atoms with Gasteiger partial charge in [0.25, 0.3) is 5.91 Å². The van der Waals surface area contributed by atoms with Crippen LogP contribution in [-0.2, 0) is 4.79 Å². The third-order valence-corrected chi connectivity index (χ3v) is 2.56. The van der Waals surface area contributed by atoms with Crippen molar-refractivity contribution in [3.8, 4) is 0 Å². The molecule has 1 aromatic heterocycles. The number of amides is 1. The van der Waals surface area contributed by atoms with E-state index >= 15 is 0 Å². The summed E-state index contributed by atoms with van der Waals surface area (Å²) in [6.07, 6.45) is 1.56. The second-order valence-electron chi connectivity index (χ2n) is 3.74. The highest BCUT2D eigenvalue weighted by molar-refractivity contribution is 5.98. The van der Waals surface area contributed by atoms with Gasteiger partial charge in [0.05, 0.1) is 6.20 Å². The van der Waals surface area contributed by atoms with E-state index in [0.717, 1.165) is 0 Å². The molecule has 0 radical (unpaired) electrons. The molecule has 16 heavy (non-hydrogen) atoms. The number of carbonyl (C=O) groups is 2. The standard InChI is InChI=1S/C10H14N2O4/c1-4-10(3,9(14)15)12-8(13)7-5-11-16-6(7)2/h5H,4H2,1-3H3,(H,12,13)(H,14,15). The molecule has 0 aromatic carbocycles. The molecule has 0 fully saturated rings. The van der Waals surface area contributed by atoms with Gasteiger partial charge in [0.2, 0.25) is 0 Å². The lowest BCUT2D eigenvalue weighted by atomic mass is 9.98. The molecule has 0 bridgehead atoms. The Kier molecular flexibility index (Phi) is 3.31. The summed E-state index contributed by atoms with van der Waals surface area (Å²) in [5, 5.41) is 14.9. The van der Waals surface area contributed by atoms with Crippen LogP contribution in [0.25, 0.3) is 0 Å². The fourth-order valence-electron chi connectivity index (χ4n) is 1.13. The minimum absolute atomic E-state index is 0.251. The van der Waals surface area contributed by atoms with Gasteiger partial charge in [-0.1, -0.05) is 12.1 Å². The number of aromatic nitrogens is 1. The zero-order valence-corrected chi connectivity index (χ0v) is 9.40. The van der Waals surface area contributed by atoms with Crippen molar-refractivity contribution >= 4 is 11.9 Å². The Morgan fingerprint density at radius 3 is 2.62 bits per heavy atom. The number of carbonyl (C=O) groups excluding carboxylic acids is 1. The number of aryl methyl sites for hydroxylation is 1. The minimum Gasteiger partial charge on any atom is -0.480 e. The molecular formula is C10H14N2O4. The van der Waals surface area contributed by atoms with Crippen molar-refractivity contribution in [1.82, 2.24) is 10.5 Å². The molecule has 1 heterocycles. The van der Waals surface area contributed by atoms with E-state index in [1.54, 1.807) is 13.8 Å². The first-order chi connectivity index (χ1) is 7.40. The third-order valence-electron chi connectivity index (χ3n) is 2.56. The molecule has 88 valence electrons. The molecule has 1 amide bonds. The average Bonchev–Trinajstić information content (AvgIpc) is 2.64. The van der Waals surface area contributed by atoms with E-state index in [2.05, 4.69) is 10.5 Å². The van der Waals surface area contributed by atoms with Crippen LogP contribution < -0.4 is 5.32 Å². The summed E-state index contributed by atoms with van der Waals surface area (Å²) in [5.74, 6) is -1.20. The number of carboxylic acids is 1. The molecule has 1 unspecified atom stereocenters. The predicted octanol–water partition coefficient (Wildman–Crippen LogP) is 0.966. The molecule has 6 heteroatoms. The molecule has 0 aliphatic rings. The largest absolute Gasteiger partial charge is 0.480 e. The first-order valence-corrected chi connectivity index (χ1v) is 4.88. The minimum atomic E-state index is -1.28. The number of nitrogens with zero attached hydrogens (tertiary/aromatic N) is 1. The van der Waals surface area contributed by atoms with Crippen LogP contribution in [0.15, 0.2) is 10.7 Å². The Hall–Kier alpha value is -1.85.